The van der Waals surface area contributed by atoms with E-state index in [1.165, 1.54) is 6.07 Å². The van der Waals surface area contributed by atoms with Gasteiger partial charge in [-0.15, -0.1) is 11.3 Å². The molecular weight excluding hydrogens is 303 g/mol. The zero-order valence-corrected chi connectivity index (χ0v) is 11.2. The lowest BCUT2D eigenvalue weighted by molar-refractivity contribution is 0.611. The highest BCUT2D eigenvalue weighted by Gasteiger charge is 2.17. The summed E-state index contributed by atoms with van der Waals surface area (Å²) in [4.78, 5) is 5.01. The fourth-order valence-electron chi connectivity index (χ4n) is 1.57. The number of thiophene rings is 1. The number of hydrogen-bond acceptors (Lipinski definition) is 4. The van der Waals surface area contributed by atoms with Gasteiger partial charge in [0.2, 0.25) is 0 Å². The summed E-state index contributed by atoms with van der Waals surface area (Å²) in [5, 5.41) is 0.584. The predicted octanol–water partition coefficient (Wildman–Crippen LogP) is 3.13. The van der Waals surface area contributed by atoms with Crippen molar-refractivity contribution in [3.05, 3.63) is 29.4 Å². The molecule has 17 heavy (non-hydrogen) atoms. The summed E-state index contributed by atoms with van der Waals surface area (Å²) in [5.41, 5.74) is 1.27. The van der Waals surface area contributed by atoms with Crippen LogP contribution >= 0.6 is 33.6 Å². The molecule has 0 saturated heterocycles. The van der Waals surface area contributed by atoms with Crippen LogP contribution in [0.1, 0.15) is 0 Å². The van der Waals surface area contributed by atoms with Crippen LogP contribution in [0.15, 0.2) is 28.6 Å². The van der Waals surface area contributed by atoms with E-state index in [0.29, 0.717) is 16.2 Å². The lowest BCUT2D eigenvalue weighted by Crippen LogP contribution is -1.85. The average molecular weight is 307 g/mol. The van der Waals surface area contributed by atoms with Gasteiger partial charge in [0.1, 0.15) is 20.2 Å². The Labute approximate surface area is 110 Å². The molecule has 0 unspecified atom stereocenters. The van der Waals surface area contributed by atoms with Crippen LogP contribution in [0.3, 0.4) is 0 Å². The Hall–Kier alpha value is -0.820. The summed E-state index contributed by atoms with van der Waals surface area (Å²) in [5.74, 6) is 0. The van der Waals surface area contributed by atoms with E-state index in [-0.39, 0.29) is 4.21 Å². The summed E-state index contributed by atoms with van der Waals surface area (Å²) >= 11 is 6.93. The third-order valence-corrected chi connectivity index (χ3v) is 5.69. The molecule has 3 aromatic heterocycles. The van der Waals surface area contributed by atoms with Crippen molar-refractivity contribution in [2.75, 3.05) is 0 Å². The second kappa shape index (κ2) is 3.58. The molecule has 0 saturated carbocycles. The molecule has 0 aromatic carbocycles. The van der Waals surface area contributed by atoms with Crippen LogP contribution in [0.25, 0.3) is 16.0 Å². The maximum Gasteiger partial charge on any atom is 0.270 e. The lowest BCUT2D eigenvalue weighted by Gasteiger charge is -1.93. The van der Waals surface area contributed by atoms with Crippen LogP contribution in [0.4, 0.5) is 0 Å². The third-order valence-electron chi connectivity index (χ3n) is 2.26. The first-order valence-electron chi connectivity index (χ1n) is 4.47. The maximum absolute atomic E-state index is 11.2. The van der Waals surface area contributed by atoms with E-state index in [1.54, 1.807) is 22.7 Å². The molecule has 3 heterocycles. The highest BCUT2D eigenvalue weighted by atomic mass is 35.7. The van der Waals surface area contributed by atoms with Crippen molar-refractivity contribution in [3.8, 4) is 0 Å². The molecule has 3 rings (SSSR count). The summed E-state index contributed by atoms with van der Waals surface area (Å²) in [6.07, 6.45) is 1.74. The third kappa shape index (κ3) is 1.81. The van der Waals surface area contributed by atoms with Gasteiger partial charge in [-0.25, -0.2) is 13.4 Å². The first-order chi connectivity index (χ1) is 7.95. The van der Waals surface area contributed by atoms with Gasteiger partial charge in [-0.3, -0.25) is 4.40 Å². The molecule has 4 nitrogen and oxygen atoms in total. The molecule has 0 fully saturated rings. The van der Waals surface area contributed by atoms with Crippen LogP contribution in [-0.2, 0) is 9.05 Å². The standard InChI is InChI=1S/C9H4Cl2N2O2S2/c10-5-1-2-13-7(3-5)12-6-4-8(16-9(6)13)17(11,14)15/h1-4H. The van der Waals surface area contributed by atoms with Crippen molar-refractivity contribution in [2.45, 2.75) is 4.21 Å². The Kier molecular flexibility index (Phi) is 2.38. The highest BCUT2D eigenvalue weighted by Crippen LogP contribution is 2.31. The van der Waals surface area contributed by atoms with Crippen LogP contribution in [0.2, 0.25) is 5.02 Å². The van der Waals surface area contributed by atoms with E-state index in [9.17, 15) is 8.42 Å². The molecule has 3 aromatic rings. The molecule has 0 bridgehead atoms. The van der Waals surface area contributed by atoms with Gasteiger partial charge in [0.15, 0.2) is 0 Å². The molecule has 0 aliphatic heterocycles. The van der Waals surface area contributed by atoms with Crippen molar-refractivity contribution in [1.29, 1.82) is 0 Å². The van der Waals surface area contributed by atoms with E-state index < -0.39 is 9.05 Å². The van der Waals surface area contributed by atoms with Crippen LogP contribution in [0.5, 0.6) is 0 Å². The van der Waals surface area contributed by atoms with Crippen molar-refractivity contribution in [1.82, 2.24) is 9.38 Å². The van der Waals surface area contributed by atoms with Gasteiger partial charge in [0.25, 0.3) is 9.05 Å². The molecule has 0 amide bonds. The summed E-state index contributed by atoms with van der Waals surface area (Å²) < 4.78 is 24.3. The maximum atomic E-state index is 11.2. The SMILES string of the molecule is O=S(=O)(Cl)c1cc2nc3cc(Cl)ccn3c2s1. The smallest absolute Gasteiger partial charge is 0.270 e. The van der Waals surface area contributed by atoms with Crippen molar-refractivity contribution in [2.24, 2.45) is 0 Å². The lowest BCUT2D eigenvalue weighted by atomic mass is 10.5. The van der Waals surface area contributed by atoms with E-state index >= 15 is 0 Å². The molecule has 0 atom stereocenters. The minimum atomic E-state index is -3.70. The minimum Gasteiger partial charge on any atom is -0.291 e. The molecule has 0 N–H and O–H groups in total. The van der Waals surface area contributed by atoms with Gasteiger partial charge in [-0.2, -0.15) is 0 Å². The largest absolute Gasteiger partial charge is 0.291 e. The number of halogens is 2. The number of rotatable bonds is 1. The molecule has 0 aliphatic rings. The first-order valence-corrected chi connectivity index (χ1v) is 7.97. The predicted molar refractivity (Wildman–Crippen MR) is 68.6 cm³/mol. The fraction of sp³-hybridized carbons (Fsp3) is 0. The second-order valence-corrected chi connectivity index (χ2v) is 7.64. The zero-order valence-electron chi connectivity index (χ0n) is 8.09. The first kappa shape index (κ1) is 11.3. The normalized spacial score (nSPS) is 12.6. The van der Waals surface area contributed by atoms with E-state index in [0.717, 1.165) is 16.2 Å². The van der Waals surface area contributed by atoms with Gasteiger partial charge >= 0.3 is 0 Å². The van der Waals surface area contributed by atoms with E-state index in [4.69, 9.17) is 22.3 Å². The summed E-state index contributed by atoms with van der Waals surface area (Å²) in [6, 6.07) is 4.89. The number of fused-ring (bicyclic) bond motifs is 3. The molecular formula is C9H4Cl2N2O2S2. The summed E-state index contributed by atoms with van der Waals surface area (Å²) in [6.45, 7) is 0. The van der Waals surface area contributed by atoms with Crippen molar-refractivity contribution < 1.29 is 8.42 Å². The molecule has 0 aliphatic carbocycles. The fourth-order valence-corrected chi connectivity index (χ4v) is 3.85. The van der Waals surface area contributed by atoms with Gasteiger partial charge in [-0.1, -0.05) is 11.6 Å². The molecule has 8 heteroatoms. The number of hydrogen-bond donors (Lipinski definition) is 0. The summed E-state index contributed by atoms with van der Waals surface area (Å²) in [7, 11) is 1.59. The van der Waals surface area contributed by atoms with Crippen LogP contribution in [-0.4, -0.2) is 17.8 Å². The van der Waals surface area contributed by atoms with Gasteiger partial charge in [-0.05, 0) is 12.1 Å². The van der Waals surface area contributed by atoms with Gasteiger partial charge < -0.3 is 0 Å². The van der Waals surface area contributed by atoms with Gasteiger partial charge in [0, 0.05) is 28.0 Å². The molecule has 0 spiro atoms. The van der Waals surface area contributed by atoms with E-state index in [2.05, 4.69) is 4.98 Å². The van der Waals surface area contributed by atoms with E-state index in [1.807, 2.05) is 0 Å². The van der Waals surface area contributed by atoms with Crippen molar-refractivity contribution >= 4 is 58.7 Å². The van der Waals surface area contributed by atoms with Gasteiger partial charge in [0.05, 0.1) is 0 Å². The number of imidazole rings is 1. The Balaban J connectivity index is 2.40. The quantitative estimate of drug-likeness (QED) is 0.649. The molecule has 0 radical (unpaired) electrons. The average Bonchev–Trinajstić information content (AvgIpc) is 2.72. The highest BCUT2D eigenvalue weighted by molar-refractivity contribution is 8.15. The number of aromatic nitrogens is 2. The minimum absolute atomic E-state index is 0.0982. The monoisotopic (exact) mass is 306 g/mol. The zero-order chi connectivity index (χ0) is 12.2. The molecule has 88 valence electrons. The van der Waals surface area contributed by atoms with Crippen LogP contribution < -0.4 is 0 Å². The Morgan fingerprint density at radius 1 is 1.35 bits per heavy atom. The van der Waals surface area contributed by atoms with Crippen LogP contribution in [0, 0.1) is 0 Å². The number of pyridine rings is 1. The van der Waals surface area contributed by atoms with Crippen molar-refractivity contribution in [3.63, 3.8) is 0 Å². The Bertz CT molecular complexity index is 835. The topological polar surface area (TPSA) is 51.4 Å². The Morgan fingerprint density at radius 2 is 2.12 bits per heavy atom. The number of nitrogens with zero attached hydrogens (tertiary/aromatic N) is 2. The Morgan fingerprint density at radius 3 is 2.82 bits per heavy atom. The second-order valence-electron chi connectivity index (χ2n) is 3.38.